The Morgan fingerprint density at radius 2 is 1.86 bits per heavy atom. The molecule has 1 fully saturated rings. The summed E-state index contributed by atoms with van der Waals surface area (Å²) in [5, 5.41) is 0.698. The molecule has 0 radical (unpaired) electrons. The number of carbonyl (C=O) groups excluding carboxylic acids is 1. The van der Waals surface area contributed by atoms with E-state index in [2.05, 4.69) is 4.98 Å². The van der Waals surface area contributed by atoms with E-state index in [1.807, 2.05) is 72.5 Å². The first-order valence-corrected chi connectivity index (χ1v) is 12.6. The molecule has 1 aliphatic rings. The molecule has 5 rings (SSSR count). The standard InChI is InChI=1S/C29H28ClN3O3/c1-20-28(32-27(36-20)17-21-6-5-7-24(30)16-21)22-9-12-26(13-10-22)35-19-25-11-8-23(18-31-25)29(34)33-14-3-2-4-15-33/h5-13,16,18H,2-4,14-15,17,19H2,1H3. The van der Waals surface area contributed by atoms with Crippen molar-refractivity contribution >= 4 is 17.5 Å². The Kier molecular flexibility index (Phi) is 7.33. The lowest BCUT2D eigenvalue weighted by atomic mass is 10.1. The van der Waals surface area contributed by atoms with Crippen molar-refractivity contribution in [3.8, 4) is 17.0 Å². The van der Waals surface area contributed by atoms with Crippen molar-refractivity contribution in [2.45, 2.75) is 39.2 Å². The molecule has 4 aromatic rings. The molecule has 0 saturated carbocycles. The Labute approximate surface area is 215 Å². The number of hydrogen-bond acceptors (Lipinski definition) is 5. The molecule has 6 nitrogen and oxygen atoms in total. The third-order valence-electron chi connectivity index (χ3n) is 6.31. The molecule has 0 aliphatic carbocycles. The second kappa shape index (κ2) is 11.0. The quantitative estimate of drug-likeness (QED) is 0.289. The second-order valence-electron chi connectivity index (χ2n) is 9.02. The highest BCUT2D eigenvalue weighted by Crippen LogP contribution is 2.27. The summed E-state index contributed by atoms with van der Waals surface area (Å²) in [4.78, 5) is 23.6. The molecule has 36 heavy (non-hydrogen) atoms. The maximum Gasteiger partial charge on any atom is 0.255 e. The van der Waals surface area contributed by atoms with Gasteiger partial charge in [-0.05, 0) is 80.3 Å². The van der Waals surface area contributed by atoms with Crippen LogP contribution < -0.4 is 4.74 Å². The summed E-state index contributed by atoms with van der Waals surface area (Å²) in [5.74, 6) is 2.21. The topological polar surface area (TPSA) is 68.5 Å². The van der Waals surface area contributed by atoms with Crippen LogP contribution in [0.1, 0.15) is 52.5 Å². The number of pyridine rings is 1. The normalized spacial score (nSPS) is 13.6. The number of amides is 1. The van der Waals surface area contributed by atoms with Gasteiger partial charge < -0.3 is 14.1 Å². The fourth-order valence-electron chi connectivity index (χ4n) is 4.40. The van der Waals surface area contributed by atoms with Gasteiger partial charge in [0.1, 0.15) is 23.8 Å². The van der Waals surface area contributed by atoms with Crippen molar-refractivity contribution in [2.75, 3.05) is 13.1 Å². The number of piperidine rings is 1. The number of nitrogens with zero attached hydrogens (tertiary/aromatic N) is 3. The Morgan fingerprint density at radius 3 is 2.58 bits per heavy atom. The number of rotatable bonds is 7. The molecular weight excluding hydrogens is 474 g/mol. The summed E-state index contributed by atoms with van der Waals surface area (Å²) in [7, 11) is 0. The number of carbonyl (C=O) groups is 1. The first-order valence-electron chi connectivity index (χ1n) is 12.2. The SMILES string of the molecule is Cc1oc(Cc2cccc(Cl)c2)nc1-c1ccc(OCc2ccc(C(=O)N3CCCCC3)cn2)cc1. The van der Waals surface area contributed by atoms with E-state index >= 15 is 0 Å². The average Bonchev–Trinajstić information content (AvgIpc) is 3.27. The molecule has 2 aromatic carbocycles. The molecule has 7 heteroatoms. The van der Waals surface area contributed by atoms with Crippen LogP contribution in [0.5, 0.6) is 5.75 Å². The molecule has 0 spiro atoms. The fraction of sp³-hybridized carbons (Fsp3) is 0.276. The maximum absolute atomic E-state index is 12.6. The second-order valence-corrected chi connectivity index (χ2v) is 9.46. The summed E-state index contributed by atoms with van der Waals surface area (Å²) in [6, 6.07) is 19.1. The third kappa shape index (κ3) is 5.77. The zero-order valence-electron chi connectivity index (χ0n) is 20.2. The Morgan fingerprint density at radius 1 is 1.06 bits per heavy atom. The number of benzene rings is 2. The number of ether oxygens (including phenoxy) is 1. The van der Waals surface area contributed by atoms with Gasteiger partial charge in [0.05, 0.1) is 11.3 Å². The summed E-state index contributed by atoms with van der Waals surface area (Å²) < 4.78 is 11.8. The van der Waals surface area contributed by atoms with Gasteiger partial charge in [0.2, 0.25) is 0 Å². The highest BCUT2D eigenvalue weighted by Gasteiger charge is 2.18. The molecule has 2 aromatic heterocycles. The Hall–Kier alpha value is -3.64. The zero-order valence-corrected chi connectivity index (χ0v) is 21.0. The fourth-order valence-corrected chi connectivity index (χ4v) is 4.61. The predicted molar refractivity (Wildman–Crippen MR) is 139 cm³/mol. The lowest BCUT2D eigenvalue weighted by molar-refractivity contribution is 0.0724. The summed E-state index contributed by atoms with van der Waals surface area (Å²) in [6.45, 7) is 3.90. The van der Waals surface area contributed by atoms with E-state index in [9.17, 15) is 4.79 Å². The molecule has 1 aliphatic heterocycles. The number of aromatic nitrogens is 2. The number of halogens is 1. The van der Waals surface area contributed by atoms with E-state index in [-0.39, 0.29) is 5.91 Å². The van der Waals surface area contributed by atoms with E-state index < -0.39 is 0 Å². The van der Waals surface area contributed by atoms with Crippen LogP contribution in [0, 0.1) is 6.92 Å². The number of oxazole rings is 1. The lowest BCUT2D eigenvalue weighted by Gasteiger charge is -2.26. The Bertz CT molecular complexity index is 1330. The van der Waals surface area contributed by atoms with Gasteiger partial charge in [-0.2, -0.15) is 0 Å². The van der Waals surface area contributed by atoms with Crippen molar-refractivity contribution in [3.05, 3.63) is 100 Å². The highest BCUT2D eigenvalue weighted by atomic mass is 35.5. The van der Waals surface area contributed by atoms with E-state index in [4.69, 9.17) is 25.7 Å². The summed E-state index contributed by atoms with van der Waals surface area (Å²) >= 11 is 6.09. The van der Waals surface area contributed by atoms with Crippen LogP contribution in [0.2, 0.25) is 5.02 Å². The first-order chi connectivity index (χ1) is 17.5. The number of likely N-dealkylation sites (tertiary alicyclic amines) is 1. The van der Waals surface area contributed by atoms with Crippen LogP contribution in [-0.4, -0.2) is 33.9 Å². The van der Waals surface area contributed by atoms with Gasteiger partial charge in [-0.1, -0.05) is 23.7 Å². The summed E-state index contributed by atoms with van der Waals surface area (Å²) in [5.41, 5.74) is 4.22. The molecular formula is C29H28ClN3O3. The van der Waals surface area contributed by atoms with E-state index in [1.54, 1.807) is 6.20 Å². The third-order valence-corrected chi connectivity index (χ3v) is 6.55. The average molecular weight is 502 g/mol. The van der Waals surface area contributed by atoms with E-state index in [0.717, 1.165) is 60.0 Å². The molecule has 184 valence electrons. The van der Waals surface area contributed by atoms with Crippen molar-refractivity contribution in [1.29, 1.82) is 0 Å². The molecule has 3 heterocycles. The van der Waals surface area contributed by atoms with Gasteiger partial charge in [-0.3, -0.25) is 9.78 Å². The number of aryl methyl sites for hydroxylation is 1. The van der Waals surface area contributed by atoms with Crippen LogP contribution in [0.15, 0.2) is 71.3 Å². The lowest BCUT2D eigenvalue weighted by Crippen LogP contribution is -2.35. The molecule has 0 atom stereocenters. The van der Waals surface area contributed by atoms with Gasteiger partial charge in [0.15, 0.2) is 5.89 Å². The van der Waals surface area contributed by atoms with Crippen LogP contribution in [0.4, 0.5) is 0 Å². The van der Waals surface area contributed by atoms with Crippen molar-refractivity contribution in [3.63, 3.8) is 0 Å². The van der Waals surface area contributed by atoms with Crippen LogP contribution in [0.25, 0.3) is 11.3 Å². The maximum atomic E-state index is 12.6. The van der Waals surface area contributed by atoms with Gasteiger partial charge in [-0.15, -0.1) is 0 Å². The van der Waals surface area contributed by atoms with E-state index in [1.165, 1.54) is 6.42 Å². The van der Waals surface area contributed by atoms with Crippen LogP contribution in [0.3, 0.4) is 0 Å². The minimum Gasteiger partial charge on any atom is -0.487 e. The Balaban J connectivity index is 1.18. The monoisotopic (exact) mass is 501 g/mol. The smallest absolute Gasteiger partial charge is 0.255 e. The largest absolute Gasteiger partial charge is 0.487 e. The van der Waals surface area contributed by atoms with Gasteiger partial charge in [0, 0.05) is 36.3 Å². The predicted octanol–water partition coefficient (Wildman–Crippen LogP) is 6.49. The van der Waals surface area contributed by atoms with Gasteiger partial charge >= 0.3 is 0 Å². The summed E-state index contributed by atoms with van der Waals surface area (Å²) in [6.07, 6.45) is 5.57. The van der Waals surface area contributed by atoms with Gasteiger partial charge in [-0.25, -0.2) is 4.98 Å². The van der Waals surface area contributed by atoms with Crippen LogP contribution in [-0.2, 0) is 13.0 Å². The van der Waals surface area contributed by atoms with Gasteiger partial charge in [0.25, 0.3) is 5.91 Å². The molecule has 0 unspecified atom stereocenters. The van der Waals surface area contributed by atoms with Crippen LogP contribution >= 0.6 is 11.6 Å². The molecule has 1 amide bonds. The van der Waals surface area contributed by atoms with Crippen molar-refractivity contribution in [1.82, 2.24) is 14.9 Å². The molecule has 0 N–H and O–H groups in total. The molecule has 1 saturated heterocycles. The first kappa shape index (κ1) is 24.1. The zero-order chi connectivity index (χ0) is 24.9. The minimum atomic E-state index is 0.0594. The van der Waals surface area contributed by atoms with E-state index in [0.29, 0.717) is 29.5 Å². The van der Waals surface area contributed by atoms with Crippen molar-refractivity contribution < 1.29 is 13.9 Å². The molecule has 0 bridgehead atoms. The van der Waals surface area contributed by atoms with Crippen molar-refractivity contribution in [2.24, 2.45) is 0 Å². The highest BCUT2D eigenvalue weighted by molar-refractivity contribution is 6.30. The number of hydrogen-bond donors (Lipinski definition) is 0. The minimum absolute atomic E-state index is 0.0594.